The predicted molar refractivity (Wildman–Crippen MR) is 156 cm³/mol. The second-order valence-electron chi connectivity index (χ2n) is 9.07. The van der Waals surface area contributed by atoms with Gasteiger partial charge in [-0.2, -0.15) is 4.98 Å². The zero-order valence-corrected chi connectivity index (χ0v) is 23.9. The van der Waals surface area contributed by atoms with E-state index in [-0.39, 0.29) is 50.8 Å². The number of aromatic nitrogens is 5. The topological polar surface area (TPSA) is 170 Å². The number of benzene rings is 2. The fourth-order valence-corrected chi connectivity index (χ4v) is 4.95. The minimum atomic E-state index is -0.511. The molecule has 0 unspecified atom stereocenters. The van der Waals surface area contributed by atoms with Crippen LogP contribution in [0, 0.1) is 0 Å². The third-order valence-corrected chi connectivity index (χ3v) is 6.98. The first-order valence-corrected chi connectivity index (χ1v) is 14.2. The van der Waals surface area contributed by atoms with Crippen LogP contribution in [0.3, 0.4) is 0 Å². The van der Waals surface area contributed by atoms with Crippen LogP contribution in [0.1, 0.15) is 44.6 Å². The van der Waals surface area contributed by atoms with Gasteiger partial charge < -0.3 is 29.2 Å². The molecule has 0 aliphatic heterocycles. The molecule has 5 aromatic rings. The van der Waals surface area contributed by atoms with Gasteiger partial charge in [-0.05, 0) is 47.7 Å². The molecule has 3 heterocycles. The highest BCUT2D eigenvalue weighted by atomic mass is 32.1. The summed E-state index contributed by atoms with van der Waals surface area (Å²) in [4.78, 5) is 48.8. The molecule has 3 aromatic heterocycles. The number of hydrogen-bond acceptors (Lipinski definition) is 11. The van der Waals surface area contributed by atoms with Crippen LogP contribution in [0.15, 0.2) is 65.0 Å². The van der Waals surface area contributed by atoms with Gasteiger partial charge in [0.05, 0.1) is 30.8 Å². The van der Waals surface area contributed by atoms with Gasteiger partial charge in [-0.25, -0.2) is 9.78 Å². The Hall–Kier alpha value is -5.08. The third-order valence-electron chi connectivity index (χ3n) is 6.05. The van der Waals surface area contributed by atoms with Gasteiger partial charge in [-0.15, -0.1) is 16.4 Å². The van der Waals surface area contributed by atoms with Crippen molar-refractivity contribution in [2.24, 2.45) is 0 Å². The van der Waals surface area contributed by atoms with Gasteiger partial charge in [-0.3, -0.25) is 14.7 Å². The first-order chi connectivity index (χ1) is 21.0. The van der Waals surface area contributed by atoms with Crippen molar-refractivity contribution in [2.45, 2.75) is 26.7 Å². The standard InChI is InChI=1S/C29H28N6O7S/c1-2-40-28(38)20-8-6-18(7-9-20)14-39-15-21-16-43-27-23(21)25(36)33-24(34-27)26(37)30-13-19-4-3-5-22(12-19)41-10-11-42-29-31-17-32-35-29/h3-9,12,16-17H,2,10-11,13-15H2,1H3,(H,30,37)(H,31,32,35)(H,33,34,36). The van der Waals surface area contributed by atoms with Crippen molar-refractivity contribution < 1.29 is 28.5 Å². The fourth-order valence-electron chi connectivity index (χ4n) is 4.02. The highest BCUT2D eigenvalue weighted by molar-refractivity contribution is 7.16. The van der Waals surface area contributed by atoms with Crippen molar-refractivity contribution in [3.05, 3.63) is 98.7 Å². The molecule has 0 atom stereocenters. The van der Waals surface area contributed by atoms with Crippen LogP contribution >= 0.6 is 11.3 Å². The Bertz CT molecular complexity index is 1730. The molecule has 0 bridgehead atoms. The van der Waals surface area contributed by atoms with Crippen LogP contribution in [-0.4, -0.2) is 56.8 Å². The number of aromatic amines is 2. The minimum Gasteiger partial charge on any atom is -0.490 e. The average Bonchev–Trinajstić information content (AvgIpc) is 3.69. The molecule has 0 aliphatic rings. The maximum atomic E-state index is 12.9. The zero-order chi connectivity index (χ0) is 30.0. The zero-order valence-electron chi connectivity index (χ0n) is 23.1. The number of nitrogens with one attached hydrogen (secondary N) is 3. The summed E-state index contributed by atoms with van der Waals surface area (Å²) in [5.41, 5.74) is 2.39. The Kier molecular flexibility index (Phi) is 9.71. The summed E-state index contributed by atoms with van der Waals surface area (Å²) >= 11 is 1.26. The van der Waals surface area contributed by atoms with E-state index in [0.29, 0.717) is 33.7 Å². The van der Waals surface area contributed by atoms with E-state index >= 15 is 0 Å². The third kappa shape index (κ3) is 7.81. The number of carbonyl (C=O) groups is 2. The monoisotopic (exact) mass is 604 g/mol. The van der Waals surface area contributed by atoms with E-state index in [1.807, 2.05) is 12.1 Å². The number of carbonyl (C=O) groups excluding carboxylic acids is 2. The van der Waals surface area contributed by atoms with Gasteiger partial charge in [0.1, 0.15) is 30.1 Å². The Balaban J connectivity index is 1.12. The van der Waals surface area contributed by atoms with E-state index in [1.54, 1.807) is 48.7 Å². The summed E-state index contributed by atoms with van der Waals surface area (Å²) in [5.74, 6) is -0.353. The molecule has 13 nitrogen and oxygen atoms in total. The van der Waals surface area contributed by atoms with Crippen LogP contribution in [-0.2, 0) is 29.2 Å². The molecule has 222 valence electrons. The van der Waals surface area contributed by atoms with E-state index in [4.69, 9.17) is 18.9 Å². The van der Waals surface area contributed by atoms with Crippen LogP contribution in [0.5, 0.6) is 11.8 Å². The van der Waals surface area contributed by atoms with Crippen LogP contribution in [0.25, 0.3) is 10.2 Å². The van der Waals surface area contributed by atoms with E-state index in [0.717, 1.165) is 11.1 Å². The SMILES string of the molecule is CCOC(=O)c1ccc(COCc2csc3nc(C(=O)NCc4cccc(OCCOc5nc[nH]n5)c4)[nH]c(=O)c23)cc1. The lowest BCUT2D eigenvalue weighted by Crippen LogP contribution is -2.27. The van der Waals surface area contributed by atoms with Crippen LogP contribution < -0.4 is 20.3 Å². The molecular formula is C29H28N6O7S. The number of esters is 1. The normalized spacial score (nSPS) is 10.9. The van der Waals surface area contributed by atoms with Crippen molar-refractivity contribution in [3.8, 4) is 11.8 Å². The number of rotatable bonds is 14. The van der Waals surface area contributed by atoms with E-state index in [2.05, 4.69) is 30.5 Å². The summed E-state index contributed by atoms with van der Waals surface area (Å²) in [7, 11) is 0. The first kappa shape index (κ1) is 29.4. The van der Waals surface area contributed by atoms with Crippen molar-refractivity contribution in [1.29, 1.82) is 0 Å². The Morgan fingerprint density at radius 2 is 1.86 bits per heavy atom. The Labute approximate surface area is 249 Å². The maximum Gasteiger partial charge on any atom is 0.338 e. The molecule has 0 saturated heterocycles. The quantitative estimate of drug-likeness (QED) is 0.126. The van der Waals surface area contributed by atoms with E-state index in [9.17, 15) is 14.4 Å². The fraction of sp³-hybridized carbons (Fsp3) is 0.241. The summed E-state index contributed by atoms with van der Waals surface area (Å²) < 4.78 is 21.8. The van der Waals surface area contributed by atoms with Crippen LogP contribution in [0.2, 0.25) is 0 Å². The second kappa shape index (κ2) is 14.2. The smallest absolute Gasteiger partial charge is 0.338 e. The summed E-state index contributed by atoms with van der Waals surface area (Å²) in [6, 6.07) is 14.4. The molecular weight excluding hydrogens is 576 g/mol. The van der Waals surface area contributed by atoms with Crippen LogP contribution in [0.4, 0.5) is 0 Å². The Morgan fingerprint density at radius 3 is 2.65 bits per heavy atom. The number of thiophene rings is 1. The number of amides is 1. The second-order valence-corrected chi connectivity index (χ2v) is 9.93. The highest BCUT2D eigenvalue weighted by Gasteiger charge is 2.16. The first-order valence-electron chi connectivity index (χ1n) is 13.3. The number of hydrogen-bond donors (Lipinski definition) is 3. The molecule has 0 spiro atoms. The molecule has 2 aromatic carbocycles. The molecule has 0 aliphatic carbocycles. The maximum absolute atomic E-state index is 12.9. The molecule has 1 amide bonds. The van der Waals surface area contributed by atoms with Gasteiger partial charge in [0.25, 0.3) is 11.5 Å². The minimum absolute atomic E-state index is 0.0787. The lowest BCUT2D eigenvalue weighted by atomic mass is 10.1. The molecule has 43 heavy (non-hydrogen) atoms. The lowest BCUT2D eigenvalue weighted by Gasteiger charge is -2.09. The summed E-state index contributed by atoms with van der Waals surface area (Å²) in [5, 5.41) is 11.3. The van der Waals surface area contributed by atoms with E-state index in [1.165, 1.54) is 17.7 Å². The summed E-state index contributed by atoms with van der Waals surface area (Å²) in [6.07, 6.45) is 1.42. The Morgan fingerprint density at radius 1 is 1.02 bits per heavy atom. The lowest BCUT2D eigenvalue weighted by molar-refractivity contribution is 0.0526. The van der Waals surface area contributed by atoms with Gasteiger partial charge in [0, 0.05) is 12.1 Å². The average molecular weight is 605 g/mol. The number of ether oxygens (including phenoxy) is 4. The number of fused-ring (bicyclic) bond motifs is 1. The predicted octanol–water partition coefficient (Wildman–Crippen LogP) is 3.38. The summed E-state index contributed by atoms with van der Waals surface area (Å²) in [6.45, 7) is 3.29. The highest BCUT2D eigenvalue weighted by Crippen LogP contribution is 2.22. The largest absolute Gasteiger partial charge is 0.490 e. The van der Waals surface area contributed by atoms with Gasteiger partial charge in [0.2, 0.25) is 5.82 Å². The van der Waals surface area contributed by atoms with Crippen molar-refractivity contribution in [2.75, 3.05) is 19.8 Å². The molecule has 3 N–H and O–H groups in total. The molecule has 0 radical (unpaired) electrons. The van der Waals surface area contributed by atoms with Crippen molar-refractivity contribution >= 4 is 33.4 Å². The number of H-pyrrole nitrogens is 2. The molecule has 14 heteroatoms. The number of nitrogens with zero attached hydrogens (tertiary/aromatic N) is 3. The van der Waals surface area contributed by atoms with Gasteiger partial charge in [0.15, 0.2) is 0 Å². The van der Waals surface area contributed by atoms with E-state index < -0.39 is 11.5 Å². The van der Waals surface area contributed by atoms with Gasteiger partial charge >= 0.3 is 12.0 Å². The molecule has 0 saturated carbocycles. The molecule has 5 rings (SSSR count). The van der Waals surface area contributed by atoms with Crippen molar-refractivity contribution in [1.82, 2.24) is 30.5 Å². The molecule has 0 fully saturated rings. The van der Waals surface area contributed by atoms with Crippen molar-refractivity contribution in [3.63, 3.8) is 0 Å². The van der Waals surface area contributed by atoms with Gasteiger partial charge in [-0.1, -0.05) is 24.3 Å².